The van der Waals surface area contributed by atoms with Crippen LogP contribution in [0.25, 0.3) is 0 Å². The highest BCUT2D eigenvalue weighted by Crippen LogP contribution is 2.24. The lowest BCUT2D eigenvalue weighted by molar-refractivity contribution is 0.121. The van der Waals surface area contributed by atoms with E-state index < -0.39 is 0 Å². The molecule has 0 aliphatic carbocycles. The molecular weight excluding hydrogens is 232 g/mol. The van der Waals surface area contributed by atoms with Crippen molar-refractivity contribution >= 4 is 0 Å². The Balaban J connectivity index is 2.53. The topological polar surface area (TPSA) is 15.3 Å². The summed E-state index contributed by atoms with van der Waals surface area (Å²) in [6.07, 6.45) is 6.95. The van der Waals surface area contributed by atoms with Crippen LogP contribution in [0.2, 0.25) is 0 Å². The molecule has 1 rings (SSSR count). The van der Waals surface area contributed by atoms with Gasteiger partial charge in [0.2, 0.25) is 0 Å². The molecule has 1 N–H and O–H groups in total. The van der Waals surface area contributed by atoms with Crippen LogP contribution in [0.15, 0.2) is 0 Å². The average molecular weight is 268 g/mol. The molecule has 2 nitrogen and oxygen atoms in total. The Hall–Kier alpha value is -0.0800. The van der Waals surface area contributed by atoms with E-state index in [1.807, 2.05) is 0 Å². The van der Waals surface area contributed by atoms with Gasteiger partial charge in [0.05, 0.1) is 0 Å². The van der Waals surface area contributed by atoms with Crippen LogP contribution in [0.5, 0.6) is 0 Å². The van der Waals surface area contributed by atoms with Gasteiger partial charge in [-0.2, -0.15) is 0 Å². The van der Waals surface area contributed by atoms with Gasteiger partial charge in [-0.3, -0.25) is 4.90 Å². The third-order valence-corrected chi connectivity index (χ3v) is 4.20. The summed E-state index contributed by atoms with van der Waals surface area (Å²) in [5.41, 5.74) is 0.575. The molecule has 1 heterocycles. The van der Waals surface area contributed by atoms with Crippen molar-refractivity contribution in [1.29, 1.82) is 0 Å². The monoisotopic (exact) mass is 268 g/mol. The number of hydrogen-bond donors (Lipinski definition) is 1. The van der Waals surface area contributed by atoms with E-state index in [1.165, 1.54) is 45.2 Å². The molecular formula is C17H36N2. The molecule has 1 aliphatic heterocycles. The Kier molecular flexibility index (Phi) is 6.32. The van der Waals surface area contributed by atoms with Crippen LogP contribution in [0, 0.1) is 5.41 Å². The number of likely N-dealkylation sites (tertiary alicyclic amines) is 1. The first-order valence-corrected chi connectivity index (χ1v) is 8.22. The molecule has 0 amide bonds. The predicted octanol–water partition coefficient (Wildman–Crippen LogP) is 4.06. The molecule has 1 aliphatic rings. The second-order valence-corrected chi connectivity index (χ2v) is 8.15. The average Bonchev–Trinajstić information content (AvgIpc) is 2.50. The summed E-state index contributed by atoms with van der Waals surface area (Å²) in [7, 11) is 0. The van der Waals surface area contributed by atoms with Gasteiger partial charge < -0.3 is 5.32 Å². The molecule has 0 bridgehead atoms. The Morgan fingerprint density at radius 3 is 2.32 bits per heavy atom. The van der Waals surface area contributed by atoms with Gasteiger partial charge in [-0.05, 0) is 52.0 Å². The van der Waals surface area contributed by atoms with Crippen molar-refractivity contribution in [2.75, 3.05) is 19.6 Å². The summed E-state index contributed by atoms with van der Waals surface area (Å²) < 4.78 is 0. The molecule has 1 saturated heterocycles. The number of nitrogens with one attached hydrogen (secondary N) is 1. The molecule has 1 fully saturated rings. The molecule has 2 heteroatoms. The third-order valence-electron chi connectivity index (χ3n) is 4.20. The zero-order chi connectivity index (χ0) is 14.5. The Bertz CT molecular complexity index is 252. The van der Waals surface area contributed by atoms with E-state index in [1.54, 1.807) is 0 Å². The van der Waals surface area contributed by atoms with Crippen LogP contribution >= 0.6 is 0 Å². The Morgan fingerprint density at radius 1 is 1.05 bits per heavy atom. The lowest BCUT2D eigenvalue weighted by Gasteiger charge is -2.38. The molecule has 1 atom stereocenters. The van der Waals surface area contributed by atoms with E-state index in [9.17, 15) is 0 Å². The highest BCUT2D eigenvalue weighted by molar-refractivity contribution is 4.84. The maximum atomic E-state index is 3.67. The zero-order valence-corrected chi connectivity index (χ0v) is 14.2. The highest BCUT2D eigenvalue weighted by Gasteiger charge is 2.27. The quantitative estimate of drug-likeness (QED) is 0.809. The highest BCUT2D eigenvalue weighted by atomic mass is 15.2. The molecule has 0 spiro atoms. The molecule has 0 aromatic rings. The first kappa shape index (κ1) is 17.0. The molecule has 19 heavy (non-hydrogen) atoms. The summed E-state index contributed by atoms with van der Waals surface area (Å²) in [5.74, 6) is 0. The number of nitrogens with zero attached hydrogens (tertiary/aromatic N) is 1. The molecule has 0 radical (unpaired) electrons. The van der Waals surface area contributed by atoms with Crippen molar-refractivity contribution < 1.29 is 0 Å². The van der Waals surface area contributed by atoms with Crippen LogP contribution in [-0.4, -0.2) is 36.1 Å². The Morgan fingerprint density at radius 2 is 1.74 bits per heavy atom. The van der Waals surface area contributed by atoms with Crippen molar-refractivity contribution in [3.63, 3.8) is 0 Å². The minimum Gasteiger partial charge on any atom is -0.311 e. The number of rotatable bonds is 5. The molecule has 1 unspecified atom stereocenters. The van der Waals surface area contributed by atoms with Crippen molar-refractivity contribution in [3.05, 3.63) is 0 Å². The fourth-order valence-corrected chi connectivity index (χ4v) is 3.02. The third kappa shape index (κ3) is 6.76. The maximum Gasteiger partial charge on any atom is 0.00967 e. The summed E-state index contributed by atoms with van der Waals surface area (Å²) in [5, 5.41) is 3.67. The first-order chi connectivity index (χ1) is 8.73. The lowest BCUT2D eigenvalue weighted by Crippen LogP contribution is -2.48. The van der Waals surface area contributed by atoms with E-state index in [4.69, 9.17) is 0 Å². The minimum atomic E-state index is 0.222. The van der Waals surface area contributed by atoms with Crippen molar-refractivity contribution in [1.82, 2.24) is 10.2 Å². The summed E-state index contributed by atoms with van der Waals surface area (Å²) in [6, 6.07) is 0.816. The standard InChI is InChI=1S/C17H36N2/c1-7-15-11-9-8-10-12-19(15)14-17(5,6)13-18-16(2,3)4/h15,18H,7-14H2,1-6H3. The minimum absolute atomic E-state index is 0.222. The normalized spacial score (nSPS) is 23.4. The predicted molar refractivity (Wildman–Crippen MR) is 85.7 cm³/mol. The fourth-order valence-electron chi connectivity index (χ4n) is 3.02. The van der Waals surface area contributed by atoms with Crippen LogP contribution in [-0.2, 0) is 0 Å². The lowest BCUT2D eigenvalue weighted by atomic mass is 9.90. The zero-order valence-electron chi connectivity index (χ0n) is 14.2. The van der Waals surface area contributed by atoms with Crippen LogP contribution in [0.1, 0.15) is 73.6 Å². The largest absolute Gasteiger partial charge is 0.311 e. The summed E-state index contributed by atoms with van der Waals surface area (Å²) in [6.45, 7) is 17.6. The summed E-state index contributed by atoms with van der Waals surface area (Å²) >= 11 is 0. The number of hydrogen-bond acceptors (Lipinski definition) is 2. The van der Waals surface area contributed by atoms with Crippen LogP contribution < -0.4 is 5.32 Å². The van der Waals surface area contributed by atoms with Gasteiger partial charge in [0.1, 0.15) is 0 Å². The van der Waals surface area contributed by atoms with E-state index in [0.717, 1.165) is 12.6 Å². The van der Waals surface area contributed by atoms with Gasteiger partial charge in [0, 0.05) is 24.7 Å². The van der Waals surface area contributed by atoms with Gasteiger partial charge in [-0.1, -0.05) is 33.6 Å². The Labute approximate surface area is 121 Å². The van der Waals surface area contributed by atoms with E-state index in [-0.39, 0.29) is 5.54 Å². The van der Waals surface area contributed by atoms with Gasteiger partial charge in [-0.25, -0.2) is 0 Å². The molecule has 0 aromatic carbocycles. The van der Waals surface area contributed by atoms with Crippen molar-refractivity contribution in [2.24, 2.45) is 5.41 Å². The maximum absolute atomic E-state index is 3.67. The van der Waals surface area contributed by atoms with Gasteiger partial charge >= 0.3 is 0 Å². The molecule has 114 valence electrons. The van der Waals surface area contributed by atoms with Crippen molar-refractivity contribution in [3.8, 4) is 0 Å². The van der Waals surface area contributed by atoms with Crippen molar-refractivity contribution in [2.45, 2.75) is 85.2 Å². The second kappa shape index (κ2) is 7.08. The van der Waals surface area contributed by atoms with E-state index in [0.29, 0.717) is 5.41 Å². The molecule has 0 aromatic heterocycles. The SMILES string of the molecule is CCC1CCCCCN1CC(C)(C)CNC(C)(C)C. The van der Waals surface area contributed by atoms with Gasteiger partial charge in [-0.15, -0.1) is 0 Å². The van der Waals surface area contributed by atoms with Crippen LogP contribution in [0.4, 0.5) is 0 Å². The second-order valence-electron chi connectivity index (χ2n) is 8.15. The van der Waals surface area contributed by atoms with Gasteiger partial charge in [0.25, 0.3) is 0 Å². The van der Waals surface area contributed by atoms with Crippen LogP contribution in [0.3, 0.4) is 0 Å². The smallest absolute Gasteiger partial charge is 0.00967 e. The van der Waals surface area contributed by atoms with E-state index in [2.05, 4.69) is 51.8 Å². The molecule has 0 saturated carbocycles. The fraction of sp³-hybridized carbons (Fsp3) is 1.00. The first-order valence-electron chi connectivity index (χ1n) is 8.22. The van der Waals surface area contributed by atoms with E-state index >= 15 is 0 Å². The summed E-state index contributed by atoms with van der Waals surface area (Å²) in [4.78, 5) is 2.76. The van der Waals surface area contributed by atoms with Gasteiger partial charge in [0.15, 0.2) is 0 Å².